The van der Waals surface area contributed by atoms with Gasteiger partial charge in [-0.2, -0.15) is 5.26 Å². The van der Waals surface area contributed by atoms with E-state index in [1.54, 1.807) is 13.1 Å². The van der Waals surface area contributed by atoms with Gasteiger partial charge in [-0.25, -0.2) is 4.90 Å². The fraction of sp³-hybridized carbons (Fsp3) is 0.667. The Hall–Kier alpha value is -0.730. The molecular weight excluding hydrogens is 164 g/mol. The monoisotopic (exact) mass is 174 g/mol. The highest BCUT2D eigenvalue weighted by Crippen LogP contribution is 1.92. The minimum atomic E-state index is -1.12. The predicted octanol–water partition coefficient (Wildman–Crippen LogP) is -0.306. The average molecular weight is 174 g/mol. The zero-order valence-electron chi connectivity index (χ0n) is 6.53. The minimum absolute atomic E-state index is 0.0550. The zero-order valence-corrected chi connectivity index (χ0v) is 7.35. The summed E-state index contributed by atoms with van der Waals surface area (Å²) >= 11 is -1.12. The average Bonchev–Trinajstić information content (AvgIpc) is 2.02. The summed E-state index contributed by atoms with van der Waals surface area (Å²) in [6.45, 7) is 1.73. The molecule has 0 aliphatic rings. The van der Waals surface area contributed by atoms with Crippen LogP contribution in [0.2, 0.25) is 0 Å². The van der Waals surface area contributed by atoms with Crippen molar-refractivity contribution in [3.63, 3.8) is 0 Å². The molecule has 0 N–H and O–H groups in total. The first-order valence-corrected chi connectivity index (χ1v) is 4.61. The number of hydrogen-bond acceptors (Lipinski definition) is 3. The number of nitrogens with zero attached hydrogens (tertiary/aromatic N) is 2. The lowest BCUT2D eigenvalue weighted by molar-refractivity contribution is -0.124. The third-order valence-corrected chi connectivity index (χ3v) is 2.34. The molecule has 0 spiro atoms. The van der Waals surface area contributed by atoms with Crippen molar-refractivity contribution in [1.29, 1.82) is 5.26 Å². The van der Waals surface area contributed by atoms with Crippen molar-refractivity contribution >= 4 is 17.1 Å². The highest BCUT2D eigenvalue weighted by Gasteiger charge is 2.14. The first kappa shape index (κ1) is 10.3. The van der Waals surface area contributed by atoms with Crippen LogP contribution in [0.25, 0.3) is 0 Å². The first-order valence-electron chi connectivity index (χ1n) is 3.13. The van der Waals surface area contributed by atoms with E-state index in [0.29, 0.717) is 5.75 Å². The standard InChI is InChI=1S/C6H10N2O2S/c1-3-11(10)4-6(9)8(2)5-7/h3-4H2,1-2H3. The molecule has 0 aromatic carbocycles. The summed E-state index contributed by atoms with van der Waals surface area (Å²) in [6, 6.07) is 0. The normalized spacial score (nSPS) is 11.8. The molecule has 0 aromatic heterocycles. The quantitative estimate of drug-likeness (QED) is 0.335. The molecule has 0 rings (SSSR count). The fourth-order valence-corrected chi connectivity index (χ4v) is 1.07. The Morgan fingerprint density at radius 2 is 2.36 bits per heavy atom. The van der Waals surface area contributed by atoms with Gasteiger partial charge in [-0.05, 0) is 18.1 Å². The van der Waals surface area contributed by atoms with E-state index in [1.165, 1.54) is 7.05 Å². The Morgan fingerprint density at radius 3 is 2.73 bits per heavy atom. The van der Waals surface area contributed by atoms with Crippen LogP contribution in [0.4, 0.5) is 0 Å². The van der Waals surface area contributed by atoms with Gasteiger partial charge in [-0.15, -0.1) is 0 Å². The topological polar surface area (TPSA) is 67.2 Å². The number of carbonyl (C=O) groups is 1. The summed E-state index contributed by atoms with van der Waals surface area (Å²) in [5, 5.41) is 8.25. The first-order chi connectivity index (χ1) is 5.11. The molecule has 0 aliphatic heterocycles. The van der Waals surface area contributed by atoms with E-state index in [0.717, 1.165) is 4.90 Å². The van der Waals surface area contributed by atoms with Gasteiger partial charge in [0.2, 0.25) is 0 Å². The number of amides is 1. The lowest BCUT2D eigenvalue weighted by atomic mass is 10.6. The van der Waals surface area contributed by atoms with Gasteiger partial charge in [0, 0.05) is 7.05 Å². The maximum Gasteiger partial charge on any atom is 0.285 e. The van der Waals surface area contributed by atoms with E-state index in [4.69, 9.17) is 5.26 Å². The Kier molecular flexibility index (Phi) is 4.66. The molecule has 1 unspecified atom stereocenters. The number of rotatable bonds is 3. The number of nitriles is 1. The molecule has 62 valence electrons. The van der Waals surface area contributed by atoms with Gasteiger partial charge in [0.1, 0.15) is 5.75 Å². The molecule has 1 amide bonds. The fourth-order valence-electron chi connectivity index (χ4n) is 0.392. The van der Waals surface area contributed by atoms with E-state index < -0.39 is 17.1 Å². The molecule has 0 aromatic rings. The van der Waals surface area contributed by atoms with Crippen molar-refractivity contribution in [1.82, 2.24) is 4.90 Å². The molecular formula is C6H10N2O2S. The summed E-state index contributed by atoms with van der Waals surface area (Å²) in [4.78, 5) is 11.7. The molecule has 5 heteroatoms. The van der Waals surface area contributed by atoms with Crippen molar-refractivity contribution in [2.75, 3.05) is 18.6 Å². The summed E-state index contributed by atoms with van der Waals surface area (Å²) < 4.78 is 10.8. The highest BCUT2D eigenvalue weighted by molar-refractivity contribution is 7.92. The van der Waals surface area contributed by atoms with Crippen molar-refractivity contribution in [2.45, 2.75) is 6.92 Å². The van der Waals surface area contributed by atoms with Crippen LogP contribution in [0, 0.1) is 11.5 Å². The van der Waals surface area contributed by atoms with Crippen molar-refractivity contribution in [3.05, 3.63) is 0 Å². The molecule has 11 heavy (non-hydrogen) atoms. The summed E-state index contributed by atoms with van der Waals surface area (Å²) in [5.41, 5.74) is 0. The smallest absolute Gasteiger partial charge is 0.285 e. The molecule has 0 saturated heterocycles. The van der Waals surface area contributed by atoms with Crippen LogP contribution in [0.15, 0.2) is 0 Å². The van der Waals surface area contributed by atoms with Crippen LogP contribution in [0.1, 0.15) is 6.92 Å². The van der Waals surface area contributed by atoms with E-state index in [2.05, 4.69) is 0 Å². The molecule has 0 aliphatic carbocycles. The van der Waals surface area contributed by atoms with Gasteiger partial charge < -0.3 is 4.55 Å². The molecule has 1 atom stereocenters. The minimum Gasteiger partial charge on any atom is -0.616 e. The second-order valence-electron chi connectivity index (χ2n) is 1.93. The summed E-state index contributed by atoms with van der Waals surface area (Å²) in [7, 11) is 1.36. The Morgan fingerprint density at radius 1 is 1.82 bits per heavy atom. The van der Waals surface area contributed by atoms with E-state index in [9.17, 15) is 9.35 Å². The van der Waals surface area contributed by atoms with E-state index >= 15 is 0 Å². The highest BCUT2D eigenvalue weighted by atomic mass is 32.2. The SMILES string of the molecule is CC[S+]([O-])CC(=O)N(C)C#N. The van der Waals surface area contributed by atoms with Gasteiger partial charge in [-0.1, -0.05) is 0 Å². The predicted molar refractivity (Wildman–Crippen MR) is 41.9 cm³/mol. The third kappa shape index (κ3) is 3.86. The van der Waals surface area contributed by atoms with Crippen molar-refractivity contribution < 1.29 is 9.35 Å². The largest absolute Gasteiger partial charge is 0.616 e. The molecule has 0 bridgehead atoms. The zero-order chi connectivity index (χ0) is 8.85. The van der Waals surface area contributed by atoms with Crippen molar-refractivity contribution in [3.8, 4) is 6.19 Å². The molecule has 0 fully saturated rings. The summed E-state index contributed by atoms with van der Waals surface area (Å²) in [5.74, 6) is -0.00125. The van der Waals surface area contributed by atoms with Crippen LogP contribution in [0.3, 0.4) is 0 Å². The van der Waals surface area contributed by atoms with E-state index in [-0.39, 0.29) is 5.75 Å². The van der Waals surface area contributed by atoms with Crippen molar-refractivity contribution in [2.24, 2.45) is 0 Å². The van der Waals surface area contributed by atoms with Gasteiger partial charge in [-0.3, -0.25) is 4.79 Å². The van der Waals surface area contributed by atoms with Crippen LogP contribution in [0.5, 0.6) is 0 Å². The van der Waals surface area contributed by atoms with Gasteiger partial charge >= 0.3 is 0 Å². The van der Waals surface area contributed by atoms with Crippen LogP contribution >= 0.6 is 0 Å². The van der Waals surface area contributed by atoms with Crippen LogP contribution in [-0.2, 0) is 16.0 Å². The second-order valence-corrected chi connectivity index (χ2v) is 3.67. The summed E-state index contributed by atoms with van der Waals surface area (Å²) in [6.07, 6.45) is 1.64. The lowest BCUT2D eigenvalue weighted by Crippen LogP contribution is -2.29. The Bertz CT molecular complexity index is 178. The molecule has 0 radical (unpaired) electrons. The molecule has 0 heterocycles. The maximum absolute atomic E-state index is 10.9. The van der Waals surface area contributed by atoms with Crippen LogP contribution in [-0.4, -0.2) is 33.9 Å². The van der Waals surface area contributed by atoms with Gasteiger partial charge in [0.25, 0.3) is 5.91 Å². The van der Waals surface area contributed by atoms with E-state index in [1.807, 2.05) is 0 Å². The maximum atomic E-state index is 10.9. The third-order valence-electron chi connectivity index (χ3n) is 1.13. The lowest BCUT2D eigenvalue weighted by Gasteiger charge is -2.09. The molecule has 0 saturated carbocycles. The Labute approximate surface area is 69.0 Å². The second kappa shape index (κ2) is 4.99. The van der Waals surface area contributed by atoms with Gasteiger partial charge in [0.05, 0.1) is 0 Å². The Balaban J connectivity index is 3.80. The molecule has 4 nitrogen and oxygen atoms in total. The van der Waals surface area contributed by atoms with Crippen LogP contribution < -0.4 is 0 Å². The van der Waals surface area contributed by atoms with Gasteiger partial charge in [0.15, 0.2) is 11.9 Å². The number of carbonyl (C=O) groups excluding carboxylic acids is 1. The number of hydrogen-bond donors (Lipinski definition) is 0.